The van der Waals surface area contributed by atoms with Gasteiger partial charge in [0, 0.05) is 13.1 Å². The van der Waals surface area contributed by atoms with Gasteiger partial charge in [0.05, 0.1) is 18.7 Å². The number of benzene rings is 1. The summed E-state index contributed by atoms with van der Waals surface area (Å²) in [5, 5.41) is 4.93. The minimum atomic E-state index is -1.10. The molecule has 0 aromatic heterocycles. The molecule has 1 aromatic carbocycles. The number of esters is 1. The van der Waals surface area contributed by atoms with Crippen LogP contribution in [0.15, 0.2) is 24.3 Å². The van der Waals surface area contributed by atoms with E-state index >= 15 is 0 Å². The highest BCUT2D eigenvalue weighted by Crippen LogP contribution is 2.13. The van der Waals surface area contributed by atoms with Gasteiger partial charge in [-0.05, 0) is 24.6 Å². The second kappa shape index (κ2) is 7.44. The molecule has 2 heterocycles. The molecule has 142 valence electrons. The number of nitrogens with one attached hydrogen (secondary N) is 2. The lowest BCUT2D eigenvalue weighted by molar-refractivity contribution is -0.136. The number of urea groups is 2. The Kier molecular flexibility index (Phi) is 5.06. The molecular weight excluding hydrogens is 356 g/mol. The van der Waals surface area contributed by atoms with Crippen molar-refractivity contribution in [2.75, 3.05) is 19.6 Å². The molecule has 0 bridgehead atoms. The molecule has 6 amide bonds. The molecule has 0 spiro atoms. The molecule has 0 unspecified atom stereocenters. The highest BCUT2D eigenvalue weighted by Gasteiger charge is 2.32. The zero-order chi connectivity index (χ0) is 19.6. The maximum absolute atomic E-state index is 12.2. The summed E-state index contributed by atoms with van der Waals surface area (Å²) in [6, 6.07) is 5.19. The van der Waals surface area contributed by atoms with Crippen LogP contribution in [0.5, 0.6) is 0 Å². The standard InChI is InChI=1S/C17H18N4O6/c1-10(14(23)20-7-6-18-16(20)25)27-15(24)12-4-2-11(3-5-12)9-21-13(22)8-19-17(21)26/h2-5,10H,6-9H2,1H3,(H,18,25)(H,19,26)/t10-/m0/s1. The number of amides is 6. The highest BCUT2D eigenvalue weighted by molar-refractivity contribution is 6.02. The van der Waals surface area contributed by atoms with Gasteiger partial charge in [0.1, 0.15) is 0 Å². The lowest BCUT2D eigenvalue weighted by Gasteiger charge is -2.18. The lowest BCUT2D eigenvalue weighted by Crippen LogP contribution is -2.41. The van der Waals surface area contributed by atoms with E-state index in [-0.39, 0.29) is 31.1 Å². The molecule has 10 heteroatoms. The maximum atomic E-state index is 12.2. The van der Waals surface area contributed by atoms with E-state index in [1.807, 2.05) is 0 Å². The fraction of sp³-hybridized carbons (Fsp3) is 0.353. The molecule has 27 heavy (non-hydrogen) atoms. The molecule has 1 atom stereocenters. The van der Waals surface area contributed by atoms with E-state index in [0.717, 1.165) is 9.80 Å². The Hall–Kier alpha value is -3.43. The van der Waals surface area contributed by atoms with Crippen molar-refractivity contribution in [3.63, 3.8) is 0 Å². The second-order valence-corrected chi connectivity index (χ2v) is 6.10. The Morgan fingerprint density at radius 2 is 1.81 bits per heavy atom. The number of imide groups is 2. The first kappa shape index (κ1) is 18.4. The molecule has 1 aromatic rings. The van der Waals surface area contributed by atoms with E-state index < -0.39 is 30.0 Å². The Bertz CT molecular complexity index is 790. The molecule has 2 saturated heterocycles. The van der Waals surface area contributed by atoms with Gasteiger partial charge >= 0.3 is 18.0 Å². The molecular formula is C17H18N4O6. The largest absolute Gasteiger partial charge is 0.449 e. The van der Waals surface area contributed by atoms with Gasteiger partial charge in [0.25, 0.3) is 5.91 Å². The summed E-state index contributed by atoms with van der Waals surface area (Å²) in [4.78, 5) is 61.0. The number of ether oxygens (including phenoxy) is 1. The summed E-state index contributed by atoms with van der Waals surface area (Å²) >= 11 is 0. The minimum Gasteiger partial charge on any atom is -0.449 e. The van der Waals surface area contributed by atoms with Crippen molar-refractivity contribution in [3.8, 4) is 0 Å². The second-order valence-electron chi connectivity index (χ2n) is 6.10. The van der Waals surface area contributed by atoms with Crippen molar-refractivity contribution < 1.29 is 28.7 Å². The van der Waals surface area contributed by atoms with E-state index in [2.05, 4.69) is 10.6 Å². The number of carbonyl (C=O) groups excluding carboxylic acids is 5. The van der Waals surface area contributed by atoms with E-state index in [1.54, 1.807) is 12.1 Å². The van der Waals surface area contributed by atoms with E-state index in [4.69, 9.17) is 4.74 Å². The van der Waals surface area contributed by atoms with Crippen LogP contribution in [0, 0.1) is 0 Å². The normalized spacial score (nSPS) is 17.6. The van der Waals surface area contributed by atoms with Crippen LogP contribution in [0.1, 0.15) is 22.8 Å². The molecule has 0 radical (unpaired) electrons. The molecule has 2 aliphatic rings. The summed E-state index contributed by atoms with van der Waals surface area (Å²) < 4.78 is 5.13. The van der Waals surface area contributed by atoms with Crippen LogP contribution >= 0.6 is 0 Å². The first-order valence-corrected chi connectivity index (χ1v) is 8.34. The minimum absolute atomic E-state index is 0.0236. The van der Waals surface area contributed by atoms with Gasteiger partial charge < -0.3 is 15.4 Å². The van der Waals surface area contributed by atoms with Gasteiger partial charge in [0.2, 0.25) is 5.91 Å². The number of rotatable bonds is 5. The SMILES string of the molecule is C[C@H](OC(=O)c1ccc(CN2C(=O)CNC2=O)cc1)C(=O)N1CCNC1=O. The van der Waals surface area contributed by atoms with Crippen LogP contribution in [-0.4, -0.2) is 65.4 Å². The molecule has 2 N–H and O–H groups in total. The zero-order valence-corrected chi connectivity index (χ0v) is 14.6. The first-order valence-electron chi connectivity index (χ1n) is 8.34. The smallest absolute Gasteiger partial charge is 0.338 e. The van der Waals surface area contributed by atoms with Gasteiger partial charge in [-0.3, -0.25) is 19.4 Å². The van der Waals surface area contributed by atoms with Crippen molar-refractivity contribution in [1.29, 1.82) is 0 Å². The Balaban J connectivity index is 1.58. The Morgan fingerprint density at radius 1 is 1.11 bits per heavy atom. The van der Waals surface area contributed by atoms with E-state index in [1.165, 1.54) is 19.1 Å². The fourth-order valence-electron chi connectivity index (χ4n) is 2.72. The quantitative estimate of drug-likeness (QED) is 0.545. The maximum Gasteiger partial charge on any atom is 0.338 e. The summed E-state index contributed by atoms with van der Waals surface area (Å²) in [7, 11) is 0. The number of nitrogens with zero attached hydrogens (tertiary/aromatic N) is 2. The highest BCUT2D eigenvalue weighted by atomic mass is 16.5. The number of carbonyl (C=O) groups is 5. The van der Waals surface area contributed by atoms with Crippen molar-refractivity contribution in [3.05, 3.63) is 35.4 Å². The van der Waals surface area contributed by atoms with E-state index in [9.17, 15) is 24.0 Å². The Morgan fingerprint density at radius 3 is 2.37 bits per heavy atom. The monoisotopic (exact) mass is 374 g/mol. The summed E-state index contributed by atoms with van der Waals surface area (Å²) in [5.74, 6) is -1.62. The van der Waals surface area contributed by atoms with Gasteiger partial charge in [-0.25, -0.2) is 14.4 Å². The molecule has 2 fully saturated rings. The predicted octanol–water partition coefficient (Wildman–Crippen LogP) is -0.164. The van der Waals surface area contributed by atoms with Crippen molar-refractivity contribution in [2.24, 2.45) is 0 Å². The third-order valence-electron chi connectivity index (χ3n) is 4.22. The molecule has 2 aliphatic heterocycles. The van der Waals surface area contributed by atoms with Crippen LogP contribution < -0.4 is 10.6 Å². The van der Waals surface area contributed by atoms with Crippen LogP contribution in [0.25, 0.3) is 0 Å². The first-order chi connectivity index (χ1) is 12.9. The van der Waals surface area contributed by atoms with Crippen LogP contribution in [-0.2, 0) is 20.9 Å². The van der Waals surface area contributed by atoms with Gasteiger partial charge in [0.15, 0.2) is 6.10 Å². The number of hydrogen-bond donors (Lipinski definition) is 2. The van der Waals surface area contributed by atoms with Gasteiger partial charge in [-0.2, -0.15) is 0 Å². The van der Waals surface area contributed by atoms with Gasteiger partial charge in [-0.1, -0.05) is 12.1 Å². The average Bonchev–Trinajstić information content (AvgIpc) is 3.21. The van der Waals surface area contributed by atoms with Crippen molar-refractivity contribution in [2.45, 2.75) is 19.6 Å². The predicted molar refractivity (Wildman–Crippen MR) is 90.4 cm³/mol. The molecule has 10 nitrogen and oxygen atoms in total. The molecule has 3 rings (SSSR count). The van der Waals surface area contributed by atoms with Crippen molar-refractivity contribution in [1.82, 2.24) is 20.4 Å². The number of hydrogen-bond acceptors (Lipinski definition) is 6. The molecule has 0 saturated carbocycles. The summed E-state index contributed by atoms with van der Waals surface area (Å²) in [5.41, 5.74) is 0.872. The van der Waals surface area contributed by atoms with Gasteiger partial charge in [-0.15, -0.1) is 0 Å². The zero-order valence-electron chi connectivity index (χ0n) is 14.6. The average molecular weight is 374 g/mol. The van der Waals surface area contributed by atoms with Crippen molar-refractivity contribution >= 4 is 29.8 Å². The van der Waals surface area contributed by atoms with Crippen LogP contribution in [0.4, 0.5) is 9.59 Å². The summed E-state index contributed by atoms with van der Waals surface area (Å²) in [6.07, 6.45) is -1.10. The third kappa shape index (κ3) is 3.89. The van der Waals surface area contributed by atoms with Crippen LogP contribution in [0.2, 0.25) is 0 Å². The lowest BCUT2D eigenvalue weighted by atomic mass is 10.1. The molecule has 0 aliphatic carbocycles. The van der Waals surface area contributed by atoms with Crippen LogP contribution in [0.3, 0.4) is 0 Å². The topological polar surface area (TPSA) is 125 Å². The summed E-state index contributed by atoms with van der Waals surface area (Å²) in [6.45, 7) is 2.07. The van der Waals surface area contributed by atoms with E-state index in [0.29, 0.717) is 12.1 Å². The fourth-order valence-corrected chi connectivity index (χ4v) is 2.72. The third-order valence-corrected chi connectivity index (χ3v) is 4.22. The Labute approximate surface area is 154 Å².